The molecule has 2 rings (SSSR count). The van der Waals surface area contributed by atoms with Gasteiger partial charge in [-0.15, -0.1) is 0 Å². The molecule has 1 heterocycles. The molecule has 0 radical (unpaired) electrons. The highest BCUT2D eigenvalue weighted by molar-refractivity contribution is 5.86. The Morgan fingerprint density at radius 2 is 2.05 bits per heavy atom. The van der Waals surface area contributed by atoms with Gasteiger partial charge in [0.15, 0.2) is 0 Å². The highest BCUT2D eigenvalue weighted by atomic mass is 16.5. The van der Waals surface area contributed by atoms with E-state index in [0.29, 0.717) is 13.2 Å². The topological polar surface area (TPSA) is 64.4 Å². The Morgan fingerprint density at radius 1 is 1.32 bits per heavy atom. The number of esters is 1. The number of hydrogen-bond acceptors (Lipinski definition) is 4. The zero-order valence-electron chi connectivity index (χ0n) is 13.2. The lowest BCUT2D eigenvalue weighted by molar-refractivity contribution is -0.149. The summed E-state index contributed by atoms with van der Waals surface area (Å²) in [6.07, 6.45) is 1.66. The highest BCUT2D eigenvalue weighted by Crippen LogP contribution is 2.19. The van der Waals surface area contributed by atoms with Gasteiger partial charge in [0.2, 0.25) is 5.91 Å². The second-order valence-electron chi connectivity index (χ2n) is 4.97. The summed E-state index contributed by atoms with van der Waals surface area (Å²) in [6, 6.07) is 7.22. The van der Waals surface area contributed by atoms with E-state index in [1.165, 1.54) is 4.90 Å². The van der Waals surface area contributed by atoms with Gasteiger partial charge < -0.3 is 14.2 Å². The number of hydrogen-bond donors (Lipinski definition) is 0. The lowest BCUT2D eigenvalue weighted by Gasteiger charge is -2.24. The first-order valence-corrected chi connectivity index (χ1v) is 7.44. The van der Waals surface area contributed by atoms with Gasteiger partial charge in [-0.1, -0.05) is 12.1 Å². The Morgan fingerprint density at radius 3 is 2.73 bits per heavy atom. The fourth-order valence-corrected chi connectivity index (χ4v) is 2.38. The predicted molar refractivity (Wildman–Crippen MR) is 83.3 cm³/mol. The van der Waals surface area contributed by atoms with Crippen LogP contribution in [-0.2, 0) is 14.3 Å². The molecule has 6 nitrogen and oxygen atoms in total. The van der Waals surface area contributed by atoms with Crippen LogP contribution < -0.4 is 0 Å². The normalized spacial score (nSPS) is 12.1. The summed E-state index contributed by atoms with van der Waals surface area (Å²) in [5, 5.41) is 0. The third kappa shape index (κ3) is 3.27. The number of ether oxygens (including phenoxy) is 1. The number of para-hydroxylation sites is 2. The maximum atomic E-state index is 12.6. The van der Waals surface area contributed by atoms with Gasteiger partial charge in [0, 0.05) is 6.54 Å². The van der Waals surface area contributed by atoms with Crippen molar-refractivity contribution in [3.63, 3.8) is 0 Å². The molecular formula is C16H21N3O3. The predicted octanol–water partition coefficient (Wildman–Crippen LogP) is 2.01. The summed E-state index contributed by atoms with van der Waals surface area (Å²) >= 11 is 0. The summed E-state index contributed by atoms with van der Waals surface area (Å²) in [6.45, 7) is 6.14. The first-order valence-electron chi connectivity index (χ1n) is 7.44. The fourth-order valence-electron chi connectivity index (χ4n) is 2.38. The molecule has 2 aromatic rings. The van der Waals surface area contributed by atoms with Crippen molar-refractivity contribution >= 4 is 22.9 Å². The molecule has 1 aromatic heterocycles. The Kier molecular flexibility index (Phi) is 5.14. The summed E-state index contributed by atoms with van der Waals surface area (Å²) in [5.74, 6) is -0.515. The molecule has 0 saturated heterocycles. The molecule has 0 saturated carbocycles. The van der Waals surface area contributed by atoms with Gasteiger partial charge in [-0.3, -0.25) is 9.59 Å². The van der Waals surface area contributed by atoms with Crippen LogP contribution in [0.4, 0.5) is 0 Å². The van der Waals surface area contributed by atoms with E-state index >= 15 is 0 Å². The number of fused-ring (bicyclic) bond motifs is 1. The lowest BCUT2D eigenvalue weighted by Crippen LogP contribution is -2.40. The molecule has 118 valence electrons. The Bertz CT molecular complexity index is 665. The number of aromatic nitrogens is 2. The quantitative estimate of drug-likeness (QED) is 0.766. The van der Waals surface area contributed by atoms with Crippen molar-refractivity contribution in [3.05, 3.63) is 30.6 Å². The van der Waals surface area contributed by atoms with E-state index in [0.717, 1.165) is 11.0 Å². The summed E-state index contributed by atoms with van der Waals surface area (Å²) in [4.78, 5) is 30.0. The zero-order chi connectivity index (χ0) is 16.1. The van der Waals surface area contributed by atoms with Crippen LogP contribution in [0.2, 0.25) is 0 Å². The number of carbonyl (C=O) groups is 2. The molecule has 6 heteroatoms. The van der Waals surface area contributed by atoms with Crippen LogP contribution in [0.25, 0.3) is 11.0 Å². The summed E-state index contributed by atoms with van der Waals surface area (Å²) < 4.78 is 6.74. The molecule has 0 spiro atoms. The van der Waals surface area contributed by atoms with E-state index in [2.05, 4.69) is 4.98 Å². The molecule has 22 heavy (non-hydrogen) atoms. The number of imidazole rings is 1. The maximum Gasteiger partial charge on any atom is 0.325 e. The van der Waals surface area contributed by atoms with Crippen molar-refractivity contribution in [1.29, 1.82) is 0 Å². The van der Waals surface area contributed by atoms with E-state index in [1.807, 2.05) is 42.7 Å². The van der Waals surface area contributed by atoms with Crippen LogP contribution in [-0.4, -0.2) is 46.0 Å². The largest absolute Gasteiger partial charge is 0.465 e. The maximum absolute atomic E-state index is 12.6. The molecule has 0 unspecified atom stereocenters. The minimum atomic E-state index is -0.429. The average Bonchev–Trinajstić information content (AvgIpc) is 2.95. The molecule has 0 N–H and O–H groups in total. The zero-order valence-corrected chi connectivity index (χ0v) is 13.2. The first-order chi connectivity index (χ1) is 10.6. The van der Waals surface area contributed by atoms with Gasteiger partial charge in [-0.25, -0.2) is 4.98 Å². The molecule has 0 aliphatic heterocycles. The second-order valence-corrected chi connectivity index (χ2v) is 4.97. The Hall–Kier alpha value is -2.37. The smallest absolute Gasteiger partial charge is 0.325 e. The Balaban J connectivity index is 2.18. The lowest BCUT2D eigenvalue weighted by atomic mass is 10.2. The Labute approximate surface area is 129 Å². The molecule has 1 amide bonds. The molecule has 0 bridgehead atoms. The number of amides is 1. The van der Waals surface area contributed by atoms with E-state index in [1.54, 1.807) is 13.3 Å². The van der Waals surface area contributed by atoms with Crippen LogP contribution in [0.15, 0.2) is 30.6 Å². The van der Waals surface area contributed by atoms with Crippen molar-refractivity contribution in [3.8, 4) is 0 Å². The molecule has 0 aliphatic rings. The highest BCUT2D eigenvalue weighted by Gasteiger charge is 2.24. The van der Waals surface area contributed by atoms with Crippen LogP contribution in [0.5, 0.6) is 0 Å². The second kappa shape index (κ2) is 7.06. The van der Waals surface area contributed by atoms with Gasteiger partial charge in [0.1, 0.15) is 12.6 Å². The molecule has 1 atom stereocenters. The summed E-state index contributed by atoms with van der Waals surface area (Å²) in [5.41, 5.74) is 1.74. The van der Waals surface area contributed by atoms with Crippen molar-refractivity contribution in [1.82, 2.24) is 14.5 Å². The third-order valence-electron chi connectivity index (χ3n) is 3.57. The minimum Gasteiger partial charge on any atom is -0.465 e. The number of benzene rings is 1. The van der Waals surface area contributed by atoms with Gasteiger partial charge in [-0.2, -0.15) is 0 Å². The molecular weight excluding hydrogens is 282 g/mol. The molecule has 0 aliphatic carbocycles. The van der Waals surface area contributed by atoms with E-state index in [-0.39, 0.29) is 18.4 Å². The average molecular weight is 303 g/mol. The number of carbonyl (C=O) groups excluding carboxylic acids is 2. The van der Waals surface area contributed by atoms with Crippen LogP contribution in [0.1, 0.15) is 26.8 Å². The SMILES string of the molecule is CCOC(=O)CN(CC)C(=O)[C@H](C)n1cnc2ccccc21. The van der Waals surface area contributed by atoms with Gasteiger partial charge >= 0.3 is 5.97 Å². The monoisotopic (exact) mass is 303 g/mol. The number of nitrogens with zero attached hydrogens (tertiary/aromatic N) is 3. The van der Waals surface area contributed by atoms with E-state index < -0.39 is 6.04 Å². The van der Waals surface area contributed by atoms with Crippen LogP contribution >= 0.6 is 0 Å². The fraction of sp³-hybridized carbons (Fsp3) is 0.438. The number of rotatable bonds is 6. The number of likely N-dealkylation sites (N-methyl/N-ethyl adjacent to an activating group) is 1. The van der Waals surface area contributed by atoms with Crippen LogP contribution in [0.3, 0.4) is 0 Å². The molecule has 0 fully saturated rings. The van der Waals surface area contributed by atoms with E-state index in [4.69, 9.17) is 4.74 Å². The van der Waals surface area contributed by atoms with E-state index in [9.17, 15) is 9.59 Å². The third-order valence-corrected chi connectivity index (χ3v) is 3.57. The minimum absolute atomic E-state index is 0.0276. The van der Waals surface area contributed by atoms with Crippen molar-refractivity contribution in [2.24, 2.45) is 0 Å². The summed E-state index contributed by atoms with van der Waals surface area (Å²) in [7, 11) is 0. The van der Waals surface area contributed by atoms with Crippen molar-refractivity contribution in [2.45, 2.75) is 26.8 Å². The van der Waals surface area contributed by atoms with Crippen molar-refractivity contribution < 1.29 is 14.3 Å². The standard InChI is InChI=1S/C16H21N3O3/c1-4-18(10-15(20)22-5-2)16(21)12(3)19-11-17-13-8-6-7-9-14(13)19/h6-9,11-12H,4-5,10H2,1-3H3/t12-/m0/s1. The first kappa shape index (κ1) is 16.0. The molecule has 1 aromatic carbocycles. The van der Waals surface area contributed by atoms with Gasteiger partial charge in [0.25, 0.3) is 0 Å². The van der Waals surface area contributed by atoms with Gasteiger partial charge in [0.05, 0.1) is 24.0 Å². The van der Waals surface area contributed by atoms with Crippen LogP contribution in [0, 0.1) is 0 Å². The van der Waals surface area contributed by atoms with Crippen molar-refractivity contribution in [2.75, 3.05) is 19.7 Å². The van der Waals surface area contributed by atoms with Gasteiger partial charge in [-0.05, 0) is 32.9 Å².